The van der Waals surface area contributed by atoms with E-state index < -0.39 is 17.0 Å². The van der Waals surface area contributed by atoms with Crippen molar-refractivity contribution in [2.45, 2.75) is 38.7 Å². The highest BCUT2D eigenvalue weighted by molar-refractivity contribution is 5.92. The summed E-state index contributed by atoms with van der Waals surface area (Å²) in [6.07, 6.45) is 2.13. The van der Waals surface area contributed by atoms with E-state index in [2.05, 4.69) is 17.9 Å². The lowest BCUT2D eigenvalue weighted by Crippen LogP contribution is -2.48. The Bertz CT molecular complexity index is 682. The number of aryl methyl sites for hydroxylation is 1. The second-order valence-electron chi connectivity index (χ2n) is 5.67. The number of aliphatic hydroxyl groups is 1. The summed E-state index contributed by atoms with van der Waals surface area (Å²) in [5, 5.41) is 29.0. The first-order chi connectivity index (χ1) is 9.83. The highest BCUT2D eigenvalue weighted by Gasteiger charge is 2.51. The average Bonchev–Trinajstić information content (AvgIpc) is 2.35. The first kappa shape index (κ1) is 15.1. The van der Waals surface area contributed by atoms with Crippen LogP contribution in [0.5, 0.6) is 0 Å². The van der Waals surface area contributed by atoms with Gasteiger partial charge >= 0.3 is 5.97 Å². The van der Waals surface area contributed by atoms with Crippen LogP contribution >= 0.6 is 0 Å². The summed E-state index contributed by atoms with van der Waals surface area (Å²) in [5.74, 6) is 4.42. The Morgan fingerprint density at radius 2 is 2.10 bits per heavy atom. The summed E-state index contributed by atoms with van der Waals surface area (Å²) in [6, 6.07) is 7.21. The van der Waals surface area contributed by atoms with Crippen LogP contribution < -0.4 is 0 Å². The number of hydrogen-bond acceptors (Lipinski definition) is 3. The fourth-order valence-corrected chi connectivity index (χ4v) is 2.60. The van der Waals surface area contributed by atoms with Crippen molar-refractivity contribution in [1.29, 1.82) is 5.26 Å². The first-order valence-corrected chi connectivity index (χ1v) is 6.83. The van der Waals surface area contributed by atoms with Crippen LogP contribution in [0.2, 0.25) is 0 Å². The summed E-state index contributed by atoms with van der Waals surface area (Å²) in [4.78, 5) is 11.3. The van der Waals surface area contributed by atoms with Crippen LogP contribution in [-0.2, 0) is 0 Å². The van der Waals surface area contributed by atoms with E-state index in [9.17, 15) is 20.3 Å². The molecule has 1 aliphatic rings. The van der Waals surface area contributed by atoms with E-state index >= 15 is 0 Å². The topological polar surface area (TPSA) is 81.3 Å². The van der Waals surface area contributed by atoms with Gasteiger partial charge in [0.2, 0.25) is 0 Å². The molecule has 0 spiro atoms. The third kappa shape index (κ3) is 2.51. The molecule has 2 N–H and O–H groups in total. The Labute approximate surface area is 124 Å². The van der Waals surface area contributed by atoms with E-state index in [0.29, 0.717) is 24.0 Å². The highest BCUT2D eigenvalue weighted by atomic mass is 16.4. The standard InChI is InChI=1S/C17H17NO3/c1-12-5-3-6-13(14(12)15(19)20)7-10-16(2,21)17(11-18)8-4-9-17/h3,5-6,21H,4,8-9H2,1-2H3,(H,19,20)/t16-/m0/s1. The molecule has 0 amide bonds. The molecular weight excluding hydrogens is 266 g/mol. The zero-order valence-corrected chi connectivity index (χ0v) is 12.1. The molecule has 0 saturated heterocycles. The van der Waals surface area contributed by atoms with Crippen LogP contribution in [0.4, 0.5) is 0 Å². The van der Waals surface area contributed by atoms with Crippen LogP contribution in [0.1, 0.15) is 47.7 Å². The van der Waals surface area contributed by atoms with Crippen molar-refractivity contribution in [3.8, 4) is 17.9 Å². The van der Waals surface area contributed by atoms with E-state index in [1.807, 2.05) is 0 Å². The zero-order chi connectivity index (χ0) is 15.7. The molecule has 0 radical (unpaired) electrons. The molecule has 1 atom stereocenters. The fourth-order valence-electron chi connectivity index (χ4n) is 2.60. The second-order valence-corrected chi connectivity index (χ2v) is 5.67. The second kappa shape index (κ2) is 5.24. The summed E-state index contributed by atoms with van der Waals surface area (Å²) >= 11 is 0. The van der Waals surface area contributed by atoms with Gasteiger partial charge in [0.25, 0.3) is 0 Å². The Balaban J connectivity index is 2.43. The minimum atomic E-state index is -1.44. The third-order valence-electron chi connectivity index (χ3n) is 4.28. The highest BCUT2D eigenvalue weighted by Crippen LogP contribution is 2.48. The Morgan fingerprint density at radius 3 is 2.57 bits per heavy atom. The number of benzene rings is 1. The molecule has 1 saturated carbocycles. The largest absolute Gasteiger partial charge is 0.478 e. The van der Waals surface area contributed by atoms with E-state index in [0.717, 1.165) is 6.42 Å². The average molecular weight is 283 g/mol. The van der Waals surface area contributed by atoms with Gasteiger partial charge in [-0.25, -0.2) is 4.79 Å². The lowest BCUT2D eigenvalue weighted by atomic mass is 9.60. The maximum atomic E-state index is 11.3. The molecule has 1 aromatic rings. The Kier molecular flexibility index (Phi) is 3.77. The van der Waals surface area contributed by atoms with Crippen molar-refractivity contribution < 1.29 is 15.0 Å². The van der Waals surface area contributed by atoms with Gasteiger partial charge in [-0.3, -0.25) is 0 Å². The molecule has 2 rings (SSSR count). The predicted molar refractivity (Wildman–Crippen MR) is 77.5 cm³/mol. The van der Waals surface area contributed by atoms with Gasteiger partial charge in [-0.05, 0) is 44.7 Å². The molecule has 4 nitrogen and oxygen atoms in total. The first-order valence-electron chi connectivity index (χ1n) is 6.83. The van der Waals surface area contributed by atoms with Crippen molar-refractivity contribution in [2.24, 2.45) is 5.41 Å². The third-order valence-corrected chi connectivity index (χ3v) is 4.28. The summed E-state index contributed by atoms with van der Waals surface area (Å²) in [5.41, 5.74) is -1.17. The number of carbonyl (C=O) groups is 1. The lowest BCUT2D eigenvalue weighted by Gasteiger charge is -2.43. The molecule has 1 aliphatic carbocycles. The van der Waals surface area contributed by atoms with Crippen LogP contribution in [-0.4, -0.2) is 21.8 Å². The SMILES string of the molecule is Cc1cccc(C#C[C@](C)(O)C2(C#N)CCC2)c1C(=O)O. The predicted octanol–water partition coefficient (Wildman–Crippen LogP) is 2.49. The van der Waals surface area contributed by atoms with E-state index in [1.165, 1.54) is 6.92 Å². The maximum absolute atomic E-state index is 11.3. The van der Waals surface area contributed by atoms with Gasteiger partial charge in [-0.1, -0.05) is 24.0 Å². The maximum Gasteiger partial charge on any atom is 0.337 e. The summed E-state index contributed by atoms with van der Waals surface area (Å²) in [7, 11) is 0. The number of aromatic carboxylic acids is 1. The number of rotatable bonds is 2. The number of carboxylic acids is 1. The van der Waals surface area contributed by atoms with Crippen LogP contribution in [0.25, 0.3) is 0 Å². The monoisotopic (exact) mass is 283 g/mol. The summed E-state index contributed by atoms with van der Waals surface area (Å²) < 4.78 is 0. The van der Waals surface area contributed by atoms with Gasteiger partial charge in [-0.2, -0.15) is 5.26 Å². The molecule has 0 bridgehead atoms. The van der Waals surface area contributed by atoms with Gasteiger partial charge in [-0.15, -0.1) is 0 Å². The van der Waals surface area contributed by atoms with Crippen LogP contribution in [0.15, 0.2) is 18.2 Å². The minimum Gasteiger partial charge on any atom is -0.478 e. The molecule has 0 heterocycles. The van der Waals surface area contributed by atoms with Gasteiger partial charge in [0, 0.05) is 5.56 Å². The fraction of sp³-hybridized carbons (Fsp3) is 0.412. The van der Waals surface area contributed by atoms with Crippen LogP contribution in [0, 0.1) is 35.5 Å². The smallest absolute Gasteiger partial charge is 0.337 e. The Hall–Kier alpha value is -2.30. The number of hydrogen-bond donors (Lipinski definition) is 2. The molecule has 108 valence electrons. The number of nitriles is 1. The molecule has 21 heavy (non-hydrogen) atoms. The minimum absolute atomic E-state index is 0.139. The molecule has 1 aromatic carbocycles. The van der Waals surface area contributed by atoms with E-state index in [1.54, 1.807) is 25.1 Å². The van der Waals surface area contributed by atoms with Crippen LogP contribution in [0.3, 0.4) is 0 Å². The molecule has 1 fully saturated rings. The summed E-state index contributed by atoms with van der Waals surface area (Å²) in [6.45, 7) is 3.23. The van der Waals surface area contributed by atoms with Crippen molar-refractivity contribution in [3.63, 3.8) is 0 Å². The molecule has 0 aliphatic heterocycles. The van der Waals surface area contributed by atoms with Gasteiger partial charge < -0.3 is 10.2 Å². The van der Waals surface area contributed by atoms with Gasteiger partial charge in [0.15, 0.2) is 0 Å². The van der Waals surface area contributed by atoms with E-state index in [-0.39, 0.29) is 5.56 Å². The van der Waals surface area contributed by atoms with Crippen molar-refractivity contribution in [3.05, 3.63) is 34.9 Å². The Morgan fingerprint density at radius 1 is 1.43 bits per heavy atom. The quantitative estimate of drug-likeness (QED) is 0.817. The van der Waals surface area contributed by atoms with Gasteiger partial charge in [0.05, 0.1) is 17.0 Å². The van der Waals surface area contributed by atoms with Gasteiger partial charge in [0.1, 0.15) is 5.60 Å². The number of carboxylic acid groups (broad SMARTS) is 1. The normalized spacial score (nSPS) is 18.4. The molecule has 4 heteroatoms. The van der Waals surface area contributed by atoms with E-state index in [4.69, 9.17) is 0 Å². The van der Waals surface area contributed by atoms with Crippen molar-refractivity contribution in [1.82, 2.24) is 0 Å². The van der Waals surface area contributed by atoms with Crippen molar-refractivity contribution >= 4 is 5.97 Å². The molecular formula is C17H17NO3. The van der Waals surface area contributed by atoms with Crippen molar-refractivity contribution in [2.75, 3.05) is 0 Å². The lowest BCUT2D eigenvalue weighted by molar-refractivity contribution is -0.0336. The molecule has 0 unspecified atom stereocenters. The zero-order valence-electron chi connectivity index (χ0n) is 12.1. The molecule has 0 aromatic heterocycles. The number of nitrogens with zero attached hydrogens (tertiary/aromatic N) is 1.